The lowest BCUT2D eigenvalue weighted by atomic mass is 9.93. The molecule has 0 aromatic heterocycles. The molecule has 0 heterocycles. The van der Waals surface area contributed by atoms with Gasteiger partial charge in [-0.05, 0) is 57.5 Å². The summed E-state index contributed by atoms with van der Waals surface area (Å²) in [5.41, 5.74) is 8.10. The third kappa shape index (κ3) is 1.77. The van der Waals surface area contributed by atoms with Crippen LogP contribution in [0.4, 0.5) is 0 Å². The van der Waals surface area contributed by atoms with E-state index in [4.69, 9.17) is 0 Å². The van der Waals surface area contributed by atoms with Crippen molar-refractivity contribution in [1.82, 2.24) is 0 Å². The summed E-state index contributed by atoms with van der Waals surface area (Å²) in [5, 5.41) is 2.70. The maximum absolute atomic E-state index is 4.05. The Kier molecular flexibility index (Phi) is 2.97. The lowest BCUT2D eigenvalue weighted by molar-refractivity contribution is 1.28. The maximum atomic E-state index is 4.05. The van der Waals surface area contributed by atoms with Crippen LogP contribution in [0.2, 0.25) is 0 Å². The SMILES string of the molecule is C=Cc1c(/C=C\C)ccc2c1-c1ccc3ccccc3c1C2. The van der Waals surface area contributed by atoms with Crippen LogP contribution in [0.1, 0.15) is 29.2 Å². The Morgan fingerprint density at radius 3 is 2.68 bits per heavy atom. The molecule has 0 heteroatoms. The van der Waals surface area contributed by atoms with Crippen molar-refractivity contribution >= 4 is 22.9 Å². The smallest absolute Gasteiger partial charge is 0.000705 e. The van der Waals surface area contributed by atoms with Crippen LogP contribution in [0.25, 0.3) is 34.1 Å². The standard InChI is InChI=1S/C22H18/c1-3-7-15-10-11-17-14-21-19-9-6-5-8-16(19)12-13-20(21)22(17)18(15)4-2/h3-13H,2,14H2,1H3/b7-3-. The minimum absolute atomic E-state index is 1.02. The molecule has 0 saturated carbocycles. The molecular formula is C22H18. The van der Waals surface area contributed by atoms with Crippen molar-refractivity contribution in [2.45, 2.75) is 13.3 Å². The minimum atomic E-state index is 1.02. The Morgan fingerprint density at radius 1 is 1.00 bits per heavy atom. The van der Waals surface area contributed by atoms with Crippen molar-refractivity contribution in [2.75, 3.05) is 0 Å². The molecule has 0 saturated heterocycles. The summed E-state index contributed by atoms with van der Waals surface area (Å²) in [7, 11) is 0. The third-order valence-electron chi connectivity index (χ3n) is 4.59. The van der Waals surface area contributed by atoms with Gasteiger partial charge in [-0.1, -0.05) is 73.3 Å². The summed E-state index contributed by atoms with van der Waals surface area (Å²) in [5.74, 6) is 0. The van der Waals surface area contributed by atoms with Crippen molar-refractivity contribution in [3.8, 4) is 11.1 Å². The zero-order valence-corrected chi connectivity index (χ0v) is 12.8. The highest BCUT2D eigenvalue weighted by atomic mass is 14.3. The summed E-state index contributed by atoms with van der Waals surface area (Å²) >= 11 is 0. The second kappa shape index (κ2) is 4.99. The number of hydrogen-bond donors (Lipinski definition) is 0. The number of rotatable bonds is 2. The summed E-state index contributed by atoms with van der Waals surface area (Å²) in [4.78, 5) is 0. The highest BCUT2D eigenvalue weighted by molar-refractivity contribution is 5.98. The van der Waals surface area contributed by atoms with Crippen LogP contribution in [-0.4, -0.2) is 0 Å². The van der Waals surface area contributed by atoms with E-state index < -0.39 is 0 Å². The number of fused-ring (bicyclic) bond motifs is 5. The van der Waals surface area contributed by atoms with Crippen LogP contribution >= 0.6 is 0 Å². The Balaban J connectivity index is 2.06. The molecule has 3 aromatic rings. The Morgan fingerprint density at radius 2 is 1.86 bits per heavy atom. The van der Waals surface area contributed by atoms with Crippen LogP contribution in [0.15, 0.2) is 61.2 Å². The second-order valence-corrected chi connectivity index (χ2v) is 5.80. The van der Waals surface area contributed by atoms with Crippen LogP contribution in [-0.2, 0) is 6.42 Å². The molecule has 0 N–H and O–H groups in total. The summed E-state index contributed by atoms with van der Waals surface area (Å²) in [6.07, 6.45) is 7.27. The molecule has 0 aliphatic heterocycles. The van der Waals surface area contributed by atoms with Crippen molar-refractivity contribution in [3.63, 3.8) is 0 Å². The molecule has 0 fully saturated rings. The van der Waals surface area contributed by atoms with E-state index in [1.54, 1.807) is 0 Å². The highest BCUT2D eigenvalue weighted by Crippen LogP contribution is 2.43. The van der Waals surface area contributed by atoms with Gasteiger partial charge in [0.1, 0.15) is 0 Å². The van der Waals surface area contributed by atoms with Gasteiger partial charge in [0.2, 0.25) is 0 Å². The van der Waals surface area contributed by atoms with Gasteiger partial charge in [0, 0.05) is 0 Å². The average molecular weight is 282 g/mol. The van der Waals surface area contributed by atoms with Crippen LogP contribution in [0.3, 0.4) is 0 Å². The van der Waals surface area contributed by atoms with Crippen molar-refractivity contribution in [2.24, 2.45) is 0 Å². The predicted octanol–water partition coefficient (Wildman–Crippen LogP) is 6.09. The van der Waals surface area contributed by atoms with Gasteiger partial charge in [0.05, 0.1) is 0 Å². The summed E-state index contributed by atoms with van der Waals surface area (Å²) in [6, 6.07) is 17.7. The van der Waals surface area contributed by atoms with E-state index in [1.807, 2.05) is 6.08 Å². The molecule has 1 aliphatic rings. The molecule has 0 spiro atoms. The van der Waals surface area contributed by atoms with Crippen molar-refractivity contribution in [1.29, 1.82) is 0 Å². The van der Waals surface area contributed by atoms with Gasteiger partial charge in [-0.15, -0.1) is 0 Å². The zero-order chi connectivity index (χ0) is 15.1. The average Bonchev–Trinajstić information content (AvgIpc) is 2.94. The van der Waals surface area contributed by atoms with E-state index in [2.05, 4.69) is 74.2 Å². The number of allylic oxidation sites excluding steroid dienone is 1. The van der Waals surface area contributed by atoms with Gasteiger partial charge >= 0.3 is 0 Å². The minimum Gasteiger partial charge on any atom is -0.0984 e. The Labute approximate surface area is 131 Å². The molecule has 0 radical (unpaired) electrons. The fourth-order valence-electron chi connectivity index (χ4n) is 3.64. The van der Waals surface area contributed by atoms with E-state index >= 15 is 0 Å². The predicted molar refractivity (Wildman–Crippen MR) is 97.0 cm³/mol. The first-order valence-electron chi connectivity index (χ1n) is 7.75. The normalized spacial score (nSPS) is 12.6. The first-order valence-corrected chi connectivity index (χ1v) is 7.75. The van der Waals surface area contributed by atoms with E-state index in [0.717, 1.165) is 6.42 Å². The van der Waals surface area contributed by atoms with Gasteiger partial charge in [-0.3, -0.25) is 0 Å². The fraction of sp³-hybridized carbons (Fsp3) is 0.0909. The lowest BCUT2D eigenvalue weighted by Gasteiger charge is -2.10. The second-order valence-electron chi connectivity index (χ2n) is 5.80. The molecule has 0 amide bonds. The molecule has 0 nitrogen and oxygen atoms in total. The molecule has 3 aromatic carbocycles. The van der Waals surface area contributed by atoms with E-state index in [1.165, 1.54) is 44.2 Å². The van der Waals surface area contributed by atoms with E-state index in [9.17, 15) is 0 Å². The molecule has 0 bridgehead atoms. The lowest BCUT2D eigenvalue weighted by Crippen LogP contribution is -1.88. The van der Waals surface area contributed by atoms with Gasteiger partial charge in [-0.25, -0.2) is 0 Å². The monoisotopic (exact) mass is 282 g/mol. The van der Waals surface area contributed by atoms with Crippen LogP contribution in [0.5, 0.6) is 0 Å². The van der Waals surface area contributed by atoms with E-state index in [-0.39, 0.29) is 0 Å². The third-order valence-corrected chi connectivity index (χ3v) is 4.59. The quantitative estimate of drug-likeness (QED) is 0.417. The molecular weight excluding hydrogens is 264 g/mol. The van der Waals surface area contributed by atoms with Crippen molar-refractivity contribution < 1.29 is 0 Å². The molecule has 0 unspecified atom stereocenters. The van der Waals surface area contributed by atoms with E-state index in [0.29, 0.717) is 0 Å². The Hall–Kier alpha value is -2.60. The van der Waals surface area contributed by atoms with Gasteiger partial charge in [0.15, 0.2) is 0 Å². The maximum Gasteiger partial charge on any atom is -0.000705 e. The molecule has 22 heavy (non-hydrogen) atoms. The molecule has 1 aliphatic carbocycles. The summed E-state index contributed by atoms with van der Waals surface area (Å²) in [6.45, 7) is 6.11. The fourth-order valence-corrected chi connectivity index (χ4v) is 3.64. The van der Waals surface area contributed by atoms with Gasteiger partial charge < -0.3 is 0 Å². The summed E-state index contributed by atoms with van der Waals surface area (Å²) < 4.78 is 0. The first kappa shape index (κ1) is 13.1. The zero-order valence-electron chi connectivity index (χ0n) is 12.8. The van der Waals surface area contributed by atoms with Gasteiger partial charge in [-0.2, -0.15) is 0 Å². The molecule has 0 atom stereocenters. The van der Waals surface area contributed by atoms with Crippen LogP contribution in [0, 0.1) is 0 Å². The van der Waals surface area contributed by atoms with Crippen molar-refractivity contribution in [3.05, 3.63) is 83.4 Å². The van der Waals surface area contributed by atoms with Crippen LogP contribution < -0.4 is 0 Å². The Bertz CT molecular complexity index is 926. The number of benzene rings is 3. The topological polar surface area (TPSA) is 0 Å². The first-order chi connectivity index (χ1) is 10.8. The number of hydrogen-bond acceptors (Lipinski definition) is 0. The molecule has 4 rings (SSSR count). The highest BCUT2D eigenvalue weighted by Gasteiger charge is 2.23. The molecule has 106 valence electrons. The van der Waals surface area contributed by atoms with Gasteiger partial charge in [0.25, 0.3) is 0 Å². The largest absolute Gasteiger partial charge is 0.0984 e.